The first-order chi connectivity index (χ1) is 6.38. The van der Waals surface area contributed by atoms with Gasteiger partial charge in [-0.3, -0.25) is 4.79 Å². The molecule has 2 nitrogen and oxygen atoms in total. The summed E-state index contributed by atoms with van der Waals surface area (Å²) in [6, 6.07) is 4.86. The Morgan fingerprint density at radius 1 is 1.29 bits per heavy atom. The van der Waals surface area contributed by atoms with Crippen LogP contribution >= 0.6 is 23.2 Å². The number of ether oxygens (including phenoxy) is 1. The Morgan fingerprint density at radius 2 is 1.79 bits per heavy atom. The van der Waals surface area contributed by atoms with Crippen LogP contribution in [0.25, 0.3) is 0 Å². The van der Waals surface area contributed by atoms with Crippen molar-refractivity contribution in [2.24, 2.45) is 0 Å². The summed E-state index contributed by atoms with van der Waals surface area (Å²) in [6.45, 7) is 0. The molecule has 14 heavy (non-hydrogen) atoms. The largest absolute Gasteiger partial charge is 0.487 e. The summed E-state index contributed by atoms with van der Waals surface area (Å²) in [5.74, 6) is -0.147. The second-order valence-corrected chi connectivity index (χ2v) is 3.13. The van der Waals surface area contributed by atoms with Gasteiger partial charge in [0, 0.05) is 17.2 Å². The molecule has 0 fully saturated rings. The van der Waals surface area contributed by atoms with Gasteiger partial charge in [-0.1, -0.05) is 0 Å². The van der Waals surface area contributed by atoms with Gasteiger partial charge in [0.25, 0.3) is 5.24 Å². The zero-order chi connectivity index (χ0) is 10.8. The minimum Gasteiger partial charge on any atom is -0.420 e. The number of carbonyl (C=O) groups is 1. The standard InChI is InChI=1S/C8H4Cl2F2O2/c9-7(13)5-1-3-6(4-2-5)14-8(10,11)12/h1-4H. The summed E-state index contributed by atoms with van der Waals surface area (Å²) in [7, 11) is 0. The molecule has 0 aliphatic rings. The predicted octanol–water partition coefficient (Wildman–Crippen LogP) is 3.23. The van der Waals surface area contributed by atoms with Gasteiger partial charge in [-0.25, -0.2) is 0 Å². The van der Waals surface area contributed by atoms with Gasteiger partial charge in [0.2, 0.25) is 0 Å². The van der Waals surface area contributed by atoms with Crippen LogP contribution < -0.4 is 4.74 Å². The molecule has 0 amide bonds. The van der Waals surface area contributed by atoms with Crippen molar-refractivity contribution in [2.75, 3.05) is 0 Å². The van der Waals surface area contributed by atoms with E-state index < -0.39 is 10.8 Å². The molecule has 0 aliphatic heterocycles. The maximum Gasteiger partial charge on any atom is 0.487 e. The van der Waals surface area contributed by atoms with E-state index in [0.717, 1.165) is 0 Å². The summed E-state index contributed by atoms with van der Waals surface area (Å²) >= 11 is 9.66. The van der Waals surface area contributed by atoms with Gasteiger partial charge in [-0.15, -0.1) is 8.78 Å². The average molecular weight is 241 g/mol. The molecule has 0 bridgehead atoms. The van der Waals surface area contributed by atoms with Crippen LogP contribution in [0.4, 0.5) is 8.78 Å². The Balaban J connectivity index is 2.79. The Labute approximate surface area is 88.4 Å². The lowest BCUT2D eigenvalue weighted by molar-refractivity contribution is -0.0964. The van der Waals surface area contributed by atoms with Crippen molar-refractivity contribution in [1.82, 2.24) is 0 Å². The molecule has 0 aromatic heterocycles. The van der Waals surface area contributed by atoms with Crippen molar-refractivity contribution in [2.45, 2.75) is 5.57 Å². The molecule has 0 aliphatic carbocycles. The Bertz CT molecular complexity index is 332. The van der Waals surface area contributed by atoms with E-state index in [1.54, 1.807) is 0 Å². The smallest absolute Gasteiger partial charge is 0.420 e. The van der Waals surface area contributed by atoms with Crippen LogP contribution in [0.2, 0.25) is 0 Å². The zero-order valence-corrected chi connectivity index (χ0v) is 8.15. The third kappa shape index (κ3) is 3.47. The second-order valence-electron chi connectivity index (χ2n) is 2.35. The van der Waals surface area contributed by atoms with E-state index in [9.17, 15) is 13.6 Å². The van der Waals surface area contributed by atoms with Gasteiger partial charge in [0.15, 0.2) is 0 Å². The maximum absolute atomic E-state index is 12.1. The summed E-state index contributed by atoms with van der Waals surface area (Å²) in [4.78, 5) is 10.6. The van der Waals surface area contributed by atoms with Gasteiger partial charge in [0.05, 0.1) is 0 Å². The number of halogens is 4. The SMILES string of the molecule is O=C(Cl)c1ccc(OC(F)(F)Cl)cc1. The highest BCUT2D eigenvalue weighted by atomic mass is 35.5. The van der Waals surface area contributed by atoms with E-state index in [1.165, 1.54) is 24.3 Å². The predicted molar refractivity (Wildman–Crippen MR) is 48.1 cm³/mol. The van der Waals surface area contributed by atoms with E-state index in [2.05, 4.69) is 16.3 Å². The quantitative estimate of drug-likeness (QED) is 0.599. The van der Waals surface area contributed by atoms with Gasteiger partial charge in [0.1, 0.15) is 5.75 Å². The molecule has 0 spiro atoms. The first-order valence-corrected chi connectivity index (χ1v) is 4.20. The molecule has 6 heteroatoms. The van der Waals surface area contributed by atoms with Crippen LogP contribution in [0, 0.1) is 0 Å². The monoisotopic (exact) mass is 240 g/mol. The van der Waals surface area contributed by atoms with Crippen LogP contribution in [-0.2, 0) is 0 Å². The van der Waals surface area contributed by atoms with E-state index in [-0.39, 0.29) is 11.3 Å². The number of alkyl halides is 3. The van der Waals surface area contributed by atoms with Crippen LogP contribution in [0.1, 0.15) is 10.4 Å². The lowest BCUT2D eigenvalue weighted by Crippen LogP contribution is -2.15. The molecule has 1 aromatic rings. The van der Waals surface area contributed by atoms with E-state index >= 15 is 0 Å². The summed E-state index contributed by atoms with van der Waals surface area (Å²) in [6.07, 6.45) is 0. The highest BCUT2D eigenvalue weighted by Gasteiger charge is 2.27. The van der Waals surface area contributed by atoms with E-state index in [4.69, 9.17) is 11.6 Å². The van der Waals surface area contributed by atoms with Crippen LogP contribution in [-0.4, -0.2) is 10.8 Å². The van der Waals surface area contributed by atoms with Gasteiger partial charge in [-0.05, 0) is 35.9 Å². The summed E-state index contributed by atoms with van der Waals surface area (Å²) in [5, 5.41) is -0.672. The molecule has 0 radical (unpaired) electrons. The Kier molecular flexibility index (Phi) is 3.29. The van der Waals surface area contributed by atoms with Gasteiger partial charge >= 0.3 is 5.57 Å². The number of hydrogen-bond donors (Lipinski definition) is 0. The summed E-state index contributed by atoms with van der Waals surface area (Å²) in [5.41, 5.74) is -3.57. The van der Waals surface area contributed by atoms with Crippen molar-refractivity contribution in [1.29, 1.82) is 0 Å². The number of hydrogen-bond acceptors (Lipinski definition) is 2. The fourth-order valence-electron chi connectivity index (χ4n) is 0.788. The van der Waals surface area contributed by atoms with Crippen LogP contribution in [0.3, 0.4) is 0 Å². The number of benzene rings is 1. The number of carbonyl (C=O) groups excluding carboxylic acids is 1. The maximum atomic E-state index is 12.1. The molecule has 1 rings (SSSR count). The van der Waals surface area contributed by atoms with E-state index in [0.29, 0.717) is 0 Å². The van der Waals surface area contributed by atoms with Crippen molar-refractivity contribution in [3.63, 3.8) is 0 Å². The van der Waals surface area contributed by atoms with Crippen LogP contribution in [0.15, 0.2) is 24.3 Å². The van der Waals surface area contributed by atoms with Gasteiger partial charge < -0.3 is 4.74 Å². The first-order valence-electron chi connectivity index (χ1n) is 3.44. The van der Waals surface area contributed by atoms with E-state index in [1.807, 2.05) is 0 Å². The molecule has 1 aromatic carbocycles. The fraction of sp³-hybridized carbons (Fsp3) is 0.125. The molecule has 0 unspecified atom stereocenters. The first kappa shape index (κ1) is 11.2. The number of rotatable bonds is 3. The highest BCUT2D eigenvalue weighted by molar-refractivity contribution is 6.67. The third-order valence-corrected chi connectivity index (χ3v) is 1.61. The zero-order valence-electron chi connectivity index (χ0n) is 6.64. The van der Waals surface area contributed by atoms with Crippen LogP contribution in [0.5, 0.6) is 5.75 Å². The highest BCUT2D eigenvalue weighted by Crippen LogP contribution is 2.25. The Hall–Kier alpha value is -0.870. The molecule has 0 saturated carbocycles. The molecule has 0 atom stereocenters. The minimum absolute atomic E-state index is 0.147. The molecular weight excluding hydrogens is 237 g/mol. The average Bonchev–Trinajstić information content (AvgIpc) is 2.02. The molecule has 0 saturated heterocycles. The van der Waals surface area contributed by atoms with Crippen molar-refractivity contribution >= 4 is 28.4 Å². The minimum atomic E-state index is -3.76. The lowest BCUT2D eigenvalue weighted by Gasteiger charge is -2.09. The second kappa shape index (κ2) is 4.11. The summed E-state index contributed by atoms with van der Waals surface area (Å²) < 4.78 is 28.2. The Morgan fingerprint density at radius 3 is 2.14 bits per heavy atom. The lowest BCUT2D eigenvalue weighted by atomic mass is 10.2. The van der Waals surface area contributed by atoms with Crippen molar-refractivity contribution in [3.8, 4) is 5.75 Å². The van der Waals surface area contributed by atoms with Crippen molar-refractivity contribution < 1.29 is 18.3 Å². The fourth-order valence-corrected chi connectivity index (χ4v) is 1.00. The third-order valence-electron chi connectivity index (χ3n) is 1.31. The van der Waals surface area contributed by atoms with Crippen molar-refractivity contribution in [3.05, 3.63) is 29.8 Å². The molecule has 0 N–H and O–H groups in total. The normalized spacial score (nSPS) is 11.1. The van der Waals surface area contributed by atoms with Gasteiger partial charge in [-0.2, -0.15) is 0 Å². The molecule has 76 valence electrons. The molecular formula is C8H4Cl2F2O2. The topological polar surface area (TPSA) is 26.3 Å². The molecule has 0 heterocycles.